The minimum Gasteiger partial charge on any atom is -0.381 e. The zero-order valence-electron chi connectivity index (χ0n) is 24.7. The molecule has 1 aromatic heterocycles. The molecular formula is C27H47N3O7S2Si. The van der Waals surface area contributed by atoms with E-state index in [-0.39, 0.29) is 11.6 Å². The largest absolute Gasteiger partial charge is 0.381 e. The standard InChI is InChI=1S/C27H47N3O7S2Si/c1-26(2,3)40(5,6)30-39(28,32)24-20-29-25(38-24)27(4,31)22-37-19-17-35-15-13-33-12-14-34-16-18-36-21-23-10-8-7-9-11-23/h7-11,20,31H,12-19,21-22H2,1-6H3,(H2,28,30,32). The van der Waals surface area contributed by atoms with Crippen molar-refractivity contribution < 1.29 is 33.0 Å². The number of benzene rings is 1. The SMILES string of the molecule is CC(O)(COCCOCCOCCOCCOCc1ccccc1)c1ncc(S(N)(=O)=N[Si](C)(C)C(C)(C)C)s1. The summed E-state index contributed by atoms with van der Waals surface area (Å²) in [4.78, 5) is 4.26. The lowest BCUT2D eigenvalue weighted by atomic mass is 10.1. The highest BCUT2D eigenvalue weighted by molar-refractivity contribution is 7.94. The number of thiazole rings is 1. The topological polar surface area (TPSA) is 135 Å². The number of nitrogens with zero attached hydrogens (tertiary/aromatic N) is 2. The third-order valence-corrected chi connectivity index (χ3v) is 15.7. The molecular weight excluding hydrogens is 571 g/mol. The number of rotatable bonds is 19. The maximum atomic E-state index is 13.2. The van der Waals surface area contributed by atoms with Gasteiger partial charge in [-0.3, -0.25) is 4.03 Å². The molecule has 2 aromatic rings. The van der Waals surface area contributed by atoms with Crippen molar-refractivity contribution in [2.45, 2.75) is 62.2 Å². The molecule has 1 heterocycles. The van der Waals surface area contributed by atoms with Gasteiger partial charge in [-0.05, 0) is 30.6 Å². The molecule has 3 N–H and O–H groups in total. The predicted molar refractivity (Wildman–Crippen MR) is 161 cm³/mol. The highest BCUT2D eigenvalue weighted by atomic mass is 32.2. The molecule has 0 radical (unpaired) electrons. The van der Waals surface area contributed by atoms with Crippen molar-refractivity contribution >= 4 is 29.5 Å². The lowest BCUT2D eigenvalue weighted by Gasteiger charge is -2.32. The smallest absolute Gasteiger partial charge is 0.195 e. The van der Waals surface area contributed by atoms with Crippen molar-refractivity contribution in [1.82, 2.24) is 4.98 Å². The van der Waals surface area contributed by atoms with Crippen LogP contribution >= 0.6 is 11.3 Å². The third-order valence-electron chi connectivity index (χ3n) is 6.42. The monoisotopic (exact) mass is 617 g/mol. The number of hydrogen-bond acceptors (Lipinski definition) is 10. The number of ether oxygens (including phenoxy) is 5. The van der Waals surface area contributed by atoms with Crippen LogP contribution < -0.4 is 5.14 Å². The molecule has 13 heteroatoms. The first-order valence-corrected chi connectivity index (χ1v) is 18.8. The lowest BCUT2D eigenvalue weighted by Crippen LogP contribution is -2.37. The summed E-state index contributed by atoms with van der Waals surface area (Å²) in [6.45, 7) is 16.1. The fourth-order valence-corrected chi connectivity index (χ4v) is 9.14. The van der Waals surface area contributed by atoms with Crippen molar-refractivity contribution in [3.8, 4) is 0 Å². The summed E-state index contributed by atoms with van der Waals surface area (Å²) in [7, 11) is -5.34. The molecule has 2 unspecified atom stereocenters. The van der Waals surface area contributed by atoms with Crippen LogP contribution in [-0.4, -0.2) is 82.0 Å². The van der Waals surface area contributed by atoms with Gasteiger partial charge in [-0.15, -0.1) is 11.3 Å². The van der Waals surface area contributed by atoms with Crippen LogP contribution in [0.2, 0.25) is 18.1 Å². The molecule has 2 rings (SSSR count). The Kier molecular flexibility index (Phi) is 14.3. The molecule has 1 aromatic carbocycles. The molecule has 228 valence electrons. The summed E-state index contributed by atoms with van der Waals surface area (Å²) in [6, 6.07) is 10.0. The summed E-state index contributed by atoms with van der Waals surface area (Å²) < 4.78 is 45.8. The summed E-state index contributed by atoms with van der Waals surface area (Å²) in [5.41, 5.74) is -0.214. The van der Waals surface area contributed by atoms with Crippen LogP contribution in [0, 0.1) is 0 Å². The zero-order valence-corrected chi connectivity index (χ0v) is 27.4. The number of aromatic nitrogens is 1. The van der Waals surface area contributed by atoms with Gasteiger partial charge in [0.15, 0.2) is 8.24 Å². The Morgan fingerprint density at radius 1 is 0.900 bits per heavy atom. The Morgan fingerprint density at radius 2 is 1.40 bits per heavy atom. The Bertz CT molecular complexity index is 1110. The van der Waals surface area contributed by atoms with Crippen LogP contribution in [0.5, 0.6) is 0 Å². The van der Waals surface area contributed by atoms with Gasteiger partial charge in [0, 0.05) is 0 Å². The van der Waals surface area contributed by atoms with E-state index in [1.165, 1.54) is 6.20 Å². The summed E-state index contributed by atoms with van der Waals surface area (Å²) >= 11 is 1.11. The fraction of sp³-hybridized carbons (Fsp3) is 0.667. The molecule has 40 heavy (non-hydrogen) atoms. The molecule has 0 fully saturated rings. The van der Waals surface area contributed by atoms with Gasteiger partial charge >= 0.3 is 0 Å². The van der Waals surface area contributed by atoms with Crippen LogP contribution in [0.1, 0.15) is 38.3 Å². The van der Waals surface area contributed by atoms with Gasteiger partial charge in [0.1, 0.15) is 24.7 Å². The Morgan fingerprint density at radius 3 is 1.93 bits per heavy atom. The highest BCUT2D eigenvalue weighted by Crippen LogP contribution is 2.38. The van der Waals surface area contributed by atoms with Crippen LogP contribution in [-0.2, 0) is 45.8 Å². The van der Waals surface area contributed by atoms with Gasteiger partial charge in [0.2, 0.25) is 0 Å². The van der Waals surface area contributed by atoms with E-state index in [4.69, 9.17) is 28.8 Å². The van der Waals surface area contributed by atoms with Crippen molar-refractivity contribution in [3.63, 3.8) is 0 Å². The normalized spacial score (nSPS) is 15.5. The van der Waals surface area contributed by atoms with Crippen LogP contribution in [0.25, 0.3) is 0 Å². The molecule has 0 saturated carbocycles. The van der Waals surface area contributed by atoms with Gasteiger partial charge in [-0.2, -0.15) is 0 Å². The van der Waals surface area contributed by atoms with E-state index in [9.17, 15) is 9.32 Å². The van der Waals surface area contributed by atoms with E-state index < -0.39 is 23.8 Å². The van der Waals surface area contributed by atoms with Crippen molar-refractivity contribution in [2.24, 2.45) is 9.17 Å². The number of hydrogen-bond donors (Lipinski definition) is 2. The molecule has 0 spiro atoms. The van der Waals surface area contributed by atoms with Crippen molar-refractivity contribution in [3.05, 3.63) is 47.1 Å². The molecule has 0 aliphatic carbocycles. The van der Waals surface area contributed by atoms with E-state index in [1.54, 1.807) is 6.92 Å². The number of aliphatic hydroxyl groups is 1. The first-order chi connectivity index (χ1) is 18.7. The van der Waals surface area contributed by atoms with Crippen LogP contribution in [0.15, 0.2) is 44.8 Å². The summed E-state index contributed by atoms with van der Waals surface area (Å²) in [5, 5.41) is 17.3. The average molecular weight is 618 g/mol. The van der Waals surface area contributed by atoms with E-state index in [2.05, 4.69) is 29.8 Å². The van der Waals surface area contributed by atoms with Crippen LogP contribution in [0.4, 0.5) is 0 Å². The quantitative estimate of drug-likeness (QED) is 0.176. The summed E-state index contributed by atoms with van der Waals surface area (Å²) in [6.07, 6.45) is 1.45. The second kappa shape index (κ2) is 16.4. The Balaban J connectivity index is 1.55. The lowest BCUT2D eigenvalue weighted by molar-refractivity contribution is -0.0563. The highest BCUT2D eigenvalue weighted by Gasteiger charge is 2.38. The second-order valence-electron chi connectivity index (χ2n) is 11.2. The van der Waals surface area contributed by atoms with Gasteiger partial charge in [-0.25, -0.2) is 14.3 Å². The van der Waals surface area contributed by atoms with Gasteiger partial charge in [-0.1, -0.05) is 51.1 Å². The van der Waals surface area contributed by atoms with E-state index >= 15 is 0 Å². The first-order valence-electron chi connectivity index (χ1n) is 13.4. The maximum absolute atomic E-state index is 13.2. The fourth-order valence-electron chi connectivity index (χ4n) is 3.04. The zero-order chi connectivity index (χ0) is 29.7. The van der Waals surface area contributed by atoms with E-state index in [0.717, 1.165) is 16.9 Å². The third kappa shape index (κ3) is 12.3. The van der Waals surface area contributed by atoms with Gasteiger partial charge in [0.05, 0.1) is 72.3 Å². The van der Waals surface area contributed by atoms with Crippen LogP contribution in [0.3, 0.4) is 0 Å². The minimum absolute atomic E-state index is 0.0113. The Labute approximate surface area is 244 Å². The van der Waals surface area contributed by atoms with Gasteiger partial charge < -0.3 is 28.8 Å². The average Bonchev–Trinajstić information content (AvgIpc) is 3.38. The molecule has 0 bridgehead atoms. The van der Waals surface area contributed by atoms with Crippen molar-refractivity contribution in [2.75, 3.05) is 59.5 Å². The molecule has 2 atom stereocenters. The molecule has 10 nitrogen and oxygen atoms in total. The summed E-state index contributed by atoms with van der Waals surface area (Å²) in [5.74, 6) is 0. The molecule has 0 aliphatic rings. The van der Waals surface area contributed by atoms with E-state index in [1.807, 2.05) is 43.4 Å². The maximum Gasteiger partial charge on any atom is 0.195 e. The van der Waals surface area contributed by atoms with E-state index in [0.29, 0.717) is 68.7 Å². The number of nitrogens with two attached hydrogens (primary N) is 1. The van der Waals surface area contributed by atoms with Gasteiger partial charge in [0.25, 0.3) is 0 Å². The minimum atomic E-state index is -3.10. The second-order valence-corrected chi connectivity index (χ2v) is 19.4. The molecule has 0 amide bonds. The Hall–Kier alpha value is -1.26. The van der Waals surface area contributed by atoms with Crippen molar-refractivity contribution in [1.29, 1.82) is 0 Å². The first kappa shape index (κ1) is 34.9. The predicted octanol–water partition coefficient (Wildman–Crippen LogP) is 4.34. The molecule has 0 saturated heterocycles. The molecule has 0 aliphatic heterocycles.